The summed E-state index contributed by atoms with van der Waals surface area (Å²) in [5.41, 5.74) is 2.26. The number of urea groups is 1. The number of piperazine rings is 1. The van der Waals surface area contributed by atoms with Crippen LogP contribution >= 0.6 is 11.8 Å². The normalized spacial score (nSPS) is 20.9. The molecule has 2 heterocycles. The number of carbonyl (C=O) groups is 3. The van der Waals surface area contributed by atoms with E-state index in [1.54, 1.807) is 26.7 Å². The van der Waals surface area contributed by atoms with Gasteiger partial charge in [0.1, 0.15) is 12.2 Å². The Balaban J connectivity index is 1.52. The van der Waals surface area contributed by atoms with E-state index in [-0.39, 0.29) is 30.3 Å². The Morgan fingerprint density at radius 1 is 1.03 bits per heavy atom. The number of rotatable bonds is 10. The van der Waals surface area contributed by atoms with E-state index in [2.05, 4.69) is 17.4 Å². The third-order valence-corrected chi connectivity index (χ3v) is 8.43. The fourth-order valence-electron chi connectivity index (χ4n) is 5.15. The van der Waals surface area contributed by atoms with E-state index in [1.165, 1.54) is 5.56 Å². The van der Waals surface area contributed by atoms with E-state index < -0.39 is 12.2 Å². The molecule has 2 aromatic rings. The topological polar surface area (TPSA) is 76.2 Å². The number of hydrogen-bond donors (Lipinski definition) is 1. The predicted molar refractivity (Wildman–Crippen MR) is 151 cm³/mol. The minimum atomic E-state index is -0.575. The summed E-state index contributed by atoms with van der Waals surface area (Å²) in [4.78, 5) is 44.3. The number of carbonyl (C=O) groups excluding carboxylic acids is 3. The highest BCUT2D eigenvalue weighted by molar-refractivity contribution is 7.98. The van der Waals surface area contributed by atoms with Gasteiger partial charge in [-0.2, -0.15) is 11.8 Å². The zero-order valence-electron chi connectivity index (χ0n) is 22.6. The Morgan fingerprint density at radius 3 is 2.32 bits per heavy atom. The van der Waals surface area contributed by atoms with E-state index in [9.17, 15) is 14.4 Å². The van der Waals surface area contributed by atoms with Crippen LogP contribution in [-0.4, -0.2) is 81.8 Å². The smallest absolute Gasteiger partial charge is 0.334 e. The Kier molecular flexibility index (Phi) is 9.69. The van der Waals surface area contributed by atoms with Crippen LogP contribution in [0.1, 0.15) is 38.3 Å². The van der Waals surface area contributed by atoms with Crippen LogP contribution < -0.4 is 5.32 Å². The Bertz CT molecular complexity index is 1090. The molecule has 1 N–H and O–H groups in total. The molecule has 2 aliphatic heterocycles. The molecule has 0 aromatic heterocycles. The predicted octanol–water partition coefficient (Wildman–Crippen LogP) is 3.79. The summed E-state index contributed by atoms with van der Waals surface area (Å²) < 4.78 is 0. The van der Waals surface area contributed by atoms with Gasteiger partial charge in [0.15, 0.2) is 0 Å². The number of hydrazine groups is 1. The molecule has 9 heteroatoms. The third-order valence-electron chi connectivity index (χ3n) is 7.42. The van der Waals surface area contributed by atoms with Crippen LogP contribution in [0.25, 0.3) is 0 Å². The SMILES string of the molecule is CCC(C)[C@H]1C(=O)N(CCSCc2ccccc2)C[C@H]2N1C(=O)CN(CC)N2C(=O)NCc1ccccc1. The minimum absolute atomic E-state index is 0.0150. The van der Waals surface area contributed by atoms with Crippen molar-refractivity contribution in [2.45, 2.75) is 51.7 Å². The van der Waals surface area contributed by atoms with Crippen molar-refractivity contribution in [2.75, 3.05) is 31.9 Å². The van der Waals surface area contributed by atoms with Crippen molar-refractivity contribution in [2.24, 2.45) is 5.92 Å². The molecule has 4 amide bonds. The van der Waals surface area contributed by atoms with Gasteiger partial charge < -0.3 is 15.1 Å². The molecule has 204 valence electrons. The largest absolute Gasteiger partial charge is 0.336 e. The molecule has 2 aromatic carbocycles. The molecular weight excluding hydrogens is 498 g/mol. The molecule has 3 atom stereocenters. The quantitative estimate of drug-likeness (QED) is 0.467. The fraction of sp³-hybridized carbons (Fsp3) is 0.483. The molecule has 2 saturated heterocycles. The van der Waals surface area contributed by atoms with Crippen molar-refractivity contribution in [3.05, 3.63) is 71.8 Å². The number of nitrogens with zero attached hydrogens (tertiary/aromatic N) is 4. The molecule has 0 aliphatic carbocycles. The number of fused-ring (bicyclic) bond motifs is 1. The van der Waals surface area contributed by atoms with Crippen LogP contribution in [0.15, 0.2) is 60.7 Å². The zero-order chi connectivity index (χ0) is 27.1. The van der Waals surface area contributed by atoms with Crippen molar-refractivity contribution < 1.29 is 14.4 Å². The summed E-state index contributed by atoms with van der Waals surface area (Å²) in [6, 6.07) is 19.2. The maximum atomic E-state index is 13.7. The first kappa shape index (κ1) is 28.0. The highest BCUT2D eigenvalue weighted by Crippen LogP contribution is 2.31. The van der Waals surface area contributed by atoms with Gasteiger partial charge >= 0.3 is 6.03 Å². The van der Waals surface area contributed by atoms with Gasteiger partial charge in [-0.25, -0.2) is 14.8 Å². The van der Waals surface area contributed by atoms with E-state index >= 15 is 0 Å². The third kappa shape index (κ3) is 6.32. The zero-order valence-corrected chi connectivity index (χ0v) is 23.4. The number of thioether (sulfide) groups is 1. The lowest BCUT2D eigenvalue weighted by molar-refractivity contribution is -0.192. The monoisotopic (exact) mass is 537 g/mol. The van der Waals surface area contributed by atoms with Gasteiger partial charge in [0.25, 0.3) is 0 Å². The molecule has 38 heavy (non-hydrogen) atoms. The molecule has 1 unspecified atom stereocenters. The number of amides is 4. The van der Waals surface area contributed by atoms with Crippen LogP contribution in [0.3, 0.4) is 0 Å². The molecule has 0 spiro atoms. The first-order valence-corrected chi connectivity index (χ1v) is 14.7. The summed E-state index contributed by atoms with van der Waals surface area (Å²) in [5.74, 6) is 1.53. The highest BCUT2D eigenvalue weighted by atomic mass is 32.2. The minimum Gasteiger partial charge on any atom is -0.336 e. The van der Waals surface area contributed by atoms with Gasteiger partial charge in [-0.1, -0.05) is 87.9 Å². The van der Waals surface area contributed by atoms with E-state index in [0.29, 0.717) is 26.2 Å². The Morgan fingerprint density at radius 2 is 1.68 bits per heavy atom. The first-order chi connectivity index (χ1) is 18.4. The number of nitrogens with one attached hydrogen (secondary N) is 1. The molecule has 2 aliphatic rings. The maximum Gasteiger partial charge on any atom is 0.334 e. The molecule has 8 nitrogen and oxygen atoms in total. The average molecular weight is 538 g/mol. The van der Waals surface area contributed by atoms with Gasteiger partial charge in [-0.3, -0.25) is 9.59 Å². The van der Waals surface area contributed by atoms with Crippen molar-refractivity contribution in [3.8, 4) is 0 Å². The number of hydrogen-bond acceptors (Lipinski definition) is 5. The molecule has 0 bridgehead atoms. The second-order valence-corrected chi connectivity index (χ2v) is 11.0. The van der Waals surface area contributed by atoms with Gasteiger partial charge in [0.2, 0.25) is 11.8 Å². The first-order valence-electron chi connectivity index (χ1n) is 13.5. The van der Waals surface area contributed by atoms with Crippen LogP contribution in [0.4, 0.5) is 4.79 Å². The van der Waals surface area contributed by atoms with Crippen molar-refractivity contribution in [1.29, 1.82) is 0 Å². The Hall–Kier alpha value is -3.04. The summed E-state index contributed by atoms with van der Waals surface area (Å²) in [7, 11) is 0. The standard InChI is InChI=1S/C29H39N5O3S/c1-4-22(3)27-28(36)31(16-17-38-21-24-14-10-7-11-15-24)19-25-33(27)26(35)20-32(5-2)34(25)29(37)30-18-23-12-8-6-9-13-23/h6-15,22,25,27H,4-5,16-21H2,1-3H3,(H,30,37)/t22?,25-,27-/m0/s1. The van der Waals surface area contributed by atoms with Gasteiger partial charge in [-0.15, -0.1) is 0 Å². The second-order valence-electron chi connectivity index (χ2n) is 9.90. The highest BCUT2D eigenvalue weighted by Gasteiger charge is 2.52. The van der Waals surface area contributed by atoms with Crippen molar-refractivity contribution in [3.63, 3.8) is 0 Å². The molecule has 0 radical (unpaired) electrons. The summed E-state index contributed by atoms with van der Waals surface area (Å²) in [6.07, 6.45) is 0.226. The second kappa shape index (κ2) is 13.2. The maximum absolute atomic E-state index is 13.7. The lowest BCUT2D eigenvalue weighted by atomic mass is 9.92. The van der Waals surface area contributed by atoms with Gasteiger partial charge in [0.05, 0.1) is 13.1 Å². The molecular formula is C29H39N5O3S. The number of benzene rings is 2. The van der Waals surface area contributed by atoms with Gasteiger partial charge in [0, 0.05) is 31.1 Å². The molecule has 2 fully saturated rings. The van der Waals surface area contributed by atoms with Crippen LogP contribution in [0, 0.1) is 5.92 Å². The lowest BCUT2D eigenvalue weighted by Crippen LogP contribution is -2.77. The van der Waals surface area contributed by atoms with Crippen molar-refractivity contribution in [1.82, 2.24) is 25.1 Å². The summed E-state index contributed by atoms with van der Waals surface area (Å²) in [6.45, 7) is 7.88. The van der Waals surface area contributed by atoms with E-state index in [1.807, 2.05) is 74.2 Å². The van der Waals surface area contributed by atoms with Gasteiger partial charge in [-0.05, 0) is 17.0 Å². The van der Waals surface area contributed by atoms with E-state index in [4.69, 9.17) is 0 Å². The summed E-state index contributed by atoms with van der Waals surface area (Å²) >= 11 is 1.79. The molecule has 4 rings (SSSR count). The Labute approximate surface area is 230 Å². The fourth-order valence-corrected chi connectivity index (χ4v) is 6.07. The number of likely N-dealkylation sites (N-methyl/N-ethyl adjacent to an activating group) is 1. The van der Waals surface area contributed by atoms with Crippen LogP contribution in [0.2, 0.25) is 0 Å². The average Bonchev–Trinajstić information content (AvgIpc) is 2.95. The van der Waals surface area contributed by atoms with Crippen LogP contribution in [-0.2, 0) is 21.9 Å². The van der Waals surface area contributed by atoms with E-state index in [0.717, 1.165) is 23.5 Å². The summed E-state index contributed by atoms with van der Waals surface area (Å²) in [5, 5.41) is 6.51. The van der Waals surface area contributed by atoms with Crippen LogP contribution in [0.5, 0.6) is 0 Å². The lowest BCUT2D eigenvalue weighted by Gasteiger charge is -2.56. The molecule has 0 saturated carbocycles. The van der Waals surface area contributed by atoms with Crippen molar-refractivity contribution >= 4 is 29.6 Å².